The van der Waals surface area contributed by atoms with Crippen LogP contribution in [0.4, 0.5) is 5.69 Å². The first kappa shape index (κ1) is 18.2. The van der Waals surface area contributed by atoms with Gasteiger partial charge in [-0.15, -0.1) is 0 Å². The summed E-state index contributed by atoms with van der Waals surface area (Å²) < 4.78 is 1.69. The van der Waals surface area contributed by atoms with E-state index < -0.39 is 0 Å². The van der Waals surface area contributed by atoms with Crippen LogP contribution in [0.5, 0.6) is 0 Å². The van der Waals surface area contributed by atoms with Crippen LogP contribution in [-0.2, 0) is 0 Å². The van der Waals surface area contributed by atoms with Gasteiger partial charge in [-0.1, -0.05) is 43.5 Å². The zero-order valence-corrected chi connectivity index (χ0v) is 16.0. The van der Waals surface area contributed by atoms with E-state index in [9.17, 15) is 9.59 Å². The molecule has 2 heterocycles. The van der Waals surface area contributed by atoms with Crippen LogP contribution < -0.4 is 10.2 Å². The molecule has 4 rings (SSSR count). The lowest BCUT2D eigenvalue weighted by molar-refractivity contribution is 0.0925. The van der Waals surface area contributed by atoms with Gasteiger partial charge in [0.2, 0.25) is 5.82 Å². The molecule has 1 aliphatic carbocycles. The minimum atomic E-state index is -0.260. The van der Waals surface area contributed by atoms with Crippen molar-refractivity contribution in [2.75, 3.05) is 11.9 Å². The number of imidazole rings is 1. The molecule has 2 amide bonds. The number of carbonyl (C=O) groups is 2. The van der Waals surface area contributed by atoms with Crippen LogP contribution in [0.25, 0.3) is 5.52 Å². The van der Waals surface area contributed by atoms with Crippen molar-refractivity contribution >= 4 is 23.0 Å². The SMILES string of the molecule is CN(C(=O)c1nc(C(=O)NC2CCCCC2)c2ccccn12)c1ccccc1. The summed E-state index contributed by atoms with van der Waals surface area (Å²) in [4.78, 5) is 32.0. The van der Waals surface area contributed by atoms with E-state index in [1.807, 2.05) is 48.5 Å². The number of rotatable bonds is 4. The maximum absolute atomic E-state index is 13.1. The number of hydrogen-bond acceptors (Lipinski definition) is 3. The van der Waals surface area contributed by atoms with Crippen molar-refractivity contribution < 1.29 is 9.59 Å². The van der Waals surface area contributed by atoms with Gasteiger partial charge in [-0.25, -0.2) is 4.98 Å². The van der Waals surface area contributed by atoms with Crippen LogP contribution in [0.3, 0.4) is 0 Å². The molecule has 1 aromatic carbocycles. The zero-order valence-electron chi connectivity index (χ0n) is 16.0. The molecule has 0 aliphatic heterocycles. The third-order valence-electron chi connectivity index (χ3n) is 5.34. The summed E-state index contributed by atoms with van der Waals surface area (Å²) in [6.07, 6.45) is 7.27. The van der Waals surface area contributed by atoms with Crippen molar-refractivity contribution in [1.29, 1.82) is 0 Å². The van der Waals surface area contributed by atoms with E-state index in [1.54, 1.807) is 22.5 Å². The Kier molecular flexibility index (Phi) is 5.10. The van der Waals surface area contributed by atoms with Gasteiger partial charge in [-0.2, -0.15) is 0 Å². The Morgan fingerprint density at radius 1 is 1.04 bits per heavy atom. The van der Waals surface area contributed by atoms with Gasteiger partial charge >= 0.3 is 0 Å². The third-order valence-corrected chi connectivity index (χ3v) is 5.34. The van der Waals surface area contributed by atoms with E-state index in [-0.39, 0.29) is 23.7 Å². The first-order valence-electron chi connectivity index (χ1n) is 9.76. The number of para-hydroxylation sites is 1. The number of pyridine rings is 1. The minimum Gasteiger partial charge on any atom is -0.348 e. The monoisotopic (exact) mass is 376 g/mol. The van der Waals surface area contributed by atoms with Crippen molar-refractivity contribution in [2.24, 2.45) is 0 Å². The second kappa shape index (κ2) is 7.84. The molecule has 3 aromatic rings. The summed E-state index contributed by atoms with van der Waals surface area (Å²) in [5, 5.41) is 3.10. The van der Waals surface area contributed by atoms with Crippen LogP contribution >= 0.6 is 0 Å². The molecule has 1 aliphatic rings. The highest BCUT2D eigenvalue weighted by Gasteiger charge is 2.25. The molecular weight excluding hydrogens is 352 g/mol. The van der Waals surface area contributed by atoms with Gasteiger partial charge in [-0.05, 0) is 37.1 Å². The Balaban J connectivity index is 1.66. The third kappa shape index (κ3) is 3.50. The topological polar surface area (TPSA) is 66.7 Å². The Hall–Kier alpha value is -3.15. The highest BCUT2D eigenvalue weighted by molar-refractivity contribution is 6.07. The van der Waals surface area contributed by atoms with Gasteiger partial charge in [0.25, 0.3) is 11.8 Å². The van der Waals surface area contributed by atoms with Gasteiger partial charge in [-0.3, -0.25) is 14.0 Å². The molecule has 144 valence electrons. The molecule has 0 bridgehead atoms. The van der Waals surface area contributed by atoms with Crippen molar-refractivity contribution in [1.82, 2.24) is 14.7 Å². The van der Waals surface area contributed by atoms with E-state index in [0.717, 1.165) is 31.4 Å². The molecule has 0 atom stereocenters. The summed E-state index contributed by atoms with van der Waals surface area (Å²) in [6, 6.07) is 15.1. The second-order valence-electron chi connectivity index (χ2n) is 7.25. The molecule has 6 heteroatoms. The van der Waals surface area contributed by atoms with E-state index in [4.69, 9.17) is 0 Å². The molecule has 0 spiro atoms. The number of nitrogens with one attached hydrogen (secondary N) is 1. The van der Waals surface area contributed by atoms with Crippen molar-refractivity contribution in [3.8, 4) is 0 Å². The number of carbonyl (C=O) groups excluding carboxylic acids is 2. The van der Waals surface area contributed by atoms with Crippen molar-refractivity contribution in [3.05, 3.63) is 66.2 Å². The molecule has 6 nitrogen and oxygen atoms in total. The average Bonchev–Trinajstić information content (AvgIpc) is 3.14. The first-order chi connectivity index (χ1) is 13.6. The number of nitrogens with zero attached hydrogens (tertiary/aromatic N) is 3. The van der Waals surface area contributed by atoms with E-state index in [0.29, 0.717) is 11.2 Å². The van der Waals surface area contributed by atoms with Crippen LogP contribution in [-0.4, -0.2) is 34.3 Å². The number of anilines is 1. The van der Waals surface area contributed by atoms with Gasteiger partial charge in [0, 0.05) is 25.0 Å². The summed E-state index contributed by atoms with van der Waals surface area (Å²) >= 11 is 0. The number of fused-ring (bicyclic) bond motifs is 1. The molecule has 2 aromatic heterocycles. The van der Waals surface area contributed by atoms with Crippen LogP contribution in [0.15, 0.2) is 54.7 Å². The van der Waals surface area contributed by atoms with Gasteiger partial charge in [0.05, 0.1) is 5.52 Å². The van der Waals surface area contributed by atoms with Crippen molar-refractivity contribution in [2.45, 2.75) is 38.1 Å². The van der Waals surface area contributed by atoms with Crippen LogP contribution in [0.2, 0.25) is 0 Å². The lowest BCUT2D eigenvalue weighted by Gasteiger charge is -2.22. The van der Waals surface area contributed by atoms with E-state index in [1.165, 1.54) is 6.42 Å². The molecule has 1 N–H and O–H groups in total. The van der Waals surface area contributed by atoms with Crippen molar-refractivity contribution in [3.63, 3.8) is 0 Å². The second-order valence-corrected chi connectivity index (χ2v) is 7.25. The highest BCUT2D eigenvalue weighted by atomic mass is 16.2. The standard InChI is InChI=1S/C22H24N4O2/c1-25(17-12-6-3-7-13-17)22(28)20-24-19(18-14-8-9-15-26(18)20)21(27)23-16-10-4-2-5-11-16/h3,6-9,12-16H,2,4-5,10-11H2,1H3,(H,23,27). The summed E-state index contributed by atoms with van der Waals surface area (Å²) in [6.45, 7) is 0. The minimum absolute atomic E-state index is 0.188. The Morgan fingerprint density at radius 3 is 2.50 bits per heavy atom. The van der Waals surface area contributed by atoms with Crippen LogP contribution in [0, 0.1) is 0 Å². The lowest BCUT2D eigenvalue weighted by atomic mass is 9.95. The molecule has 1 fully saturated rings. The number of amides is 2. The van der Waals surface area contributed by atoms with Crippen LogP contribution in [0.1, 0.15) is 53.2 Å². The van der Waals surface area contributed by atoms with Gasteiger partial charge in [0.15, 0.2) is 5.69 Å². The molecule has 0 radical (unpaired) electrons. The summed E-state index contributed by atoms with van der Waals surface area (Å²) in [5.74, 6) is -0.239. The molecular formula is C22H24N4O2. The molecule has 28 heavy (non-hydrogen) atoms. The molecule has 0 unspecified atom stereocenters. The predicted octanol–water partition coefficient (Wildman–Crippen LogP) is 3.67. The fraction of sp³-hybridized carbons (Fsp3) is 0.318. The number of benzene rings is 1. The first-order valence-corrected chi connectivity index (χ1v) is 9.76. The Morgan fingerprint density at radius 2 is 1.75 bits per heavy atom. The van der Waals surface area contributed by atoms with Gasteiger partial charge in [0.1, 0.15) is 0 Å². The predicted molar refractivity (Wildman–Crippen MR) is 109 cm³/mol. The number of hydrogen-bond donors (Lipinski definition) is 1. The zero-order chi connectivity index (χ0) is 19.5. The quantitative estimate of drug-likeness (QED) is 0.755. The normalized spacial score (nSPS) is 14.8. The van der Waals surface area contributed by atoms with E-state index >= 15 is 0 Å². The summed E-state index contributed by atoms with van der Waals surface area (Å²) in [5.41, 5.74) is 1.71. The molecule has 1 saturated carbocycles. The molecule has 0 saturated heterocycles. The fourth-order valence-corrected chi connectivity index (χ4v) is 3.78. The fourth-order valence-electron chi connectivity index (χ4n) is 3.78. The largest absolute Gasteiger partial charge is 0.348 e. The average molecular weight is 376 g/mol. The Bertz CT molecular complexity index is 990. The summed E-state index contributed by atoms with van der Waals surface area (Å²) in [7, 11) is 1.71. The highest BCUT2D eigenvalue weighted by Crippen LogP contribution is 2.20. The maximum Gasteiger partial charge on any atom is 0.294 e. The Labute approximate surface area is 164 Å². The van der Waals surface area contributed by atoms with E-state index in [2.05, 4.69) is 10.3 Å². The lowest BCUT2D eigenvalue weighted by Crippen LogP contribution is -2.36. The smallest absolute Gasteiger partial charge is 0.294 e. The van der Waals surface area contributed by atoms with Gasteiger partial charge < -0.3 is 10.2 Å². The number of aromatic nitrogens is 2. The maximum atomic E-state index is 13.1.